The average molecular weight is 221 g/mol. The summed E-state index contributed by atoms with van der Waals surface area (Å²) in [4.78, 5) is 14.3. The third-order valence-corrected chi connectivity index (χ3v) is 1.85. The highest BCUT2D eigenvalue weighted by atomic mass is 35.5. The van der Waals surface area contributed by atoms with Gasteiger partial charge in [0.1, 0.15) is 0 Å². The molecule has 0 bridgehead atoms. The van der Waals surface area contributed by atoms with Crippen LogP contribution in [0.4, 0.5) is 14.5 Å². The molecule has 0 spiro atoms. The fraction of sp³-hybridized carbons (Fsp3) is 0.250. The zero-order chi connectivity index (χ0) is 10.7. The van der Waals surface area contributed by atoms with Crippen molar-refractivity contribution in [2.45, 2.75) is 13.3 Å². The number of carbonyl (C=O) groups excluding carboxylic acids is 1. The highest BCUT2D eigenvalue weighted by molar-refractivity contribution is 6.32. The fourth-order valence-corrected chi connectivity index (χ4v) is 1.11. The Morgan fingerprint density at radius 2 is 2.29 bits per heavy atom. The Labute approximate surface area is 84.1 Å². The first-order chi connectivity index (χ1) is 6.52. The Bertz CT molecular complexity index is 337. The smallest absolute Gasteiger partial charge is 0.315 e. The normalized spacial score (nSPS) is 10.4. The monoisotopic (exact) mass is 220 g/mol. The van der Waals surface area contributed by atoms with Crippen LogP contribution >= 0.6 is 11.6 Å². The highest BCUT2D eigenvalue weighted by Crippen LogP contribution is 2.22. The summed E-state index contributed by atoms with van der Waals surface area (Å²) in [6.45, 7) is 1.63. The van der Waals surface area contributed by atoms with E-state index >= 15 is 0 Å². The summed E-state index contributed by atoms with van der Waals surface area (Å²) in [5.74, 6) is -1.39. The molecule has 0 atom stereocenters. The van der Waals surface area contributed by atoms with Crippen LogP contribution < -0.4 is 5.32 Å². The number of aromatic nitrogens is 1. The molecule has 0 unspecified atom stereocenters. The van der Waals surface area contributed by atoms with Crippen molar-refractivity contribution in [3.63, 3.8) is 0 Å². The van der Waals surface area contributed by atoms with E-state index in [1.54, 1.807) is 13.0 Å². The number of carbonyl (C=O) groups is 1. The summed E-state index contributed by atoms with van der Waals surface area (Å²) < 4.78 is 23.8. The number of hydrogen-bond donors (Lipinski definition) is 1. The molecule has 1 aromatic heterocycles. The lowest BCUT2D eigenvalue weighted by atomic mass is 10.2. The molecule has 0 aliphatic rings. The number of pyridine rings is 1. The third kappa shape index (κ3) is 2.38. The van der Waals surface area contributed by atoms with Crippen LogP contribution in [0.5, 0.6) is 0 Å². The molecule has 0 saturated heterocycles. The van der Waals surface area contributed by atoms with Crippen LogP contribution in [0.3, 0.4) is 0 Å². The number of aryl methyl sites for hydroxylation is 1. The van der Waals surface area contributed by atoms with Gasteiger partial charge in [-0.2, -0.15) is 8.78 Å². The van der Waals surface area contributed by atoms with Crippen molar-refractivity contribution in [2.24, 2.45) is 0 Å². The zero-order valence-corrected chi connectivity index (χ0v) is 7.98. The molecule has 14 heavy (non-hydrogen) atoms. The minimum Gasteiger partial charge on any atom is -0.318 e. The molecule has 6 heteroatoms. The molecule has 0 aliphatic heterocycles. The van der Waals surface area contributed by atoms with Crippen LogP contribution in [-0.2, 0) is 4.79 Å². The molecule has 76 valence electrons. The largest absolute Gasteiger partial charge is 0.318 e. The van der Waals surface area contributed by atoms with Gasteiger partial charge >= 0.3 is 6.43 Å². The molecule has 1 N–H and O–H groups in total. The Morgan fingerprint density at radius 3 is 2.79 bits per heavy atom. The van der Waals surface area contributed by atoms with E-state index in [2.05, 4.69) is 4.98 Å². The molecule has 0 aliphatic carbocycles. The number of nitrogens with one attached hydrogen (secondary N) is 1. The van der Waals surface area contributed by atoms with E-state index in [0.29, 0.717) is 5.56 Å². The average Bonchev–Trinajstić information content (AvgIpc) is 2.11. The van der Waals surface area contributed by atoms with Gasteiger partial charge in [0.25, 0.3) is 5.91 Å². The predicted octanol–water partition coefficient (Wildman–Crippen LogP) is 2.25. The van der Waals surface area contributed by atoms with E-state index in [9.17, 15) is 13.6 Å². The van der Waals surface area contributed by atoms with Gasteiger partial charge in [0.15, 0.2) is 5.15 Å². The van der Waals surface area contributed by atoms with Crippen molar-refractivity contribution < 1.29 is 13.6 Å². The molecule has 0 saturated carbocycles. The van der Waals surface area contributed by atoms with Crippen molar-refractivity contribution in [2.75, 3.05) is 5.32 Å². The summed E-state index contributed by atoms with van der Waals surface area (Å²) in [6, 6.07) is 1.56. The van der Waals surface area contributed by atoms with E-state index < -0.39 is 12.3 Å². The lowest BCUT2D eigenvalue weighted by molar-refractivity contribution is -0.126. The van der Waals surface area contributed by atoms with Gasteiger partial charge in [-0.25, -0.2) is 4.98 Å². The predicted molar refractivity (Wildman–Crippen MR) is 48.6 cm³/mol. The molecule has 1 amide bonds. The van der Waals surface area contributed by atoms with Crippen molar-refractivity contribution in [3.05, 3.63) is 23.0 Å². The molecule has 0 fully saturated rings. The van der Waals surface area contributed by atoms with Gasteiger partial charge in [0, 0.05) is 6.20 Å². The standard InChI is InChI=1S/C8H7ClF2N2O/c1-4-2-3-12-6(9)5(4)13-8(14)7(10)11/h2-3,7H,1H3,(H,13,14). The van der Waals surface area contributed by atoms with Gasteiger partial charge < -0.3 is 5.32 Å². The van der Waals surface area contributed by atoms with Gasteiger partial charge in [-0.3, -0.25) is 4.79 Å². The van der Waals surface area contributed by atoms with Crippen molar-refractivity contribution in [3.8, 4) is 0 Å². The topological polar surface area (TPSA) is 42.0 Å². The van der Waals surface area contributed by atoms with E-state index in [-0.39, 0.29) is 10.8 Å². The summed E-state index contributed by atoms with van der Waals surface area (Å²) in [6.07, 6.45) is -1.64. The van der Waals surface area contributed by atoms with Crippen LogP contribution in [0.2, 0.25) is 5.15 Å². The molecule has 0 aromatic carbocycles. The van der Waals surface area contributed by atoms with Crippen LogP contribution in [0.1, 0.15) is 5.56 Å². The second-order valence-corrected chi connectivity index (χ2v) is 2.94. The maximum Gasteiger partial charge on any atom is 0.315 e. The Balaban J connectivity index is 2.91. The number of hydrogen-bond acceptors (Lipinski definition) is 2. The lowest BCUT2D eigenvalue weighted by Crippen LogP contribution is -2.21. The number of amides is 1. The molecule has 1 rings (SSSR count). The first-order valence-corrected chi connectivity index (χ1v) is 4.10. The van der Waals surface area contributed by atoms with Gasteiger partial charge in [0.2, 0.25) is 0 Å². The maximum atomic E-state index is 11.9. The molecule has 0 radical (unpaired) electrons. The molecule has 1 aromatic rings. The zero-order valence-electron chi connectivity index (χ0n) is 7.22. The third-order valence-electron chi connectivity index (χ3n) is 1.56. The van der Waals surface area contributed by atoms with Crippen molar-refractivity contribution >= 4 is 23.2 Å². The van der Waals surface area contributed by atoms with Crippen LogP contribution in [0.15, 0.2) is 12.3 Å². The van der Waals surface area contributed by atoms with Gasteiger partial charge in [-0.05, 0) is 18.6 Å². The van der Waals surface area contributed by atoms with Gasteiger partial charge in [0.05, 0.1) is 5.69 Å². The van der Waals surface area contributed by atoms with E-state index in [0.717, 1.165) is 0 Å². The van der Waals surface area contributed by atoms with Crippen LogP contribution in [-0.4, -0.2) is 17.3 Å². The second-order valence-electron chi connectivity index (χ2n) is 2.58. The first-order valence-electron chi connectivity index (χ1n) is 3.72. The van der Waals surface area contributed by atoms with E-state index in [1.165, 1.54) is 6.20 Å². The molecular weight excluding hydrogens is 214 g/mol. The minimum atomic E-state index is -3.06. The van der Waals surface area contributed by atoms with Gasteiger partial charge in [-0.1, -0.05) is 11.6 Å². The summed E-state index contributed by atoms with van der Waals surface area (Å²) in [7, 11) is 0. The Kier molecular flexibility index (Phi) is 3.35. The second kappa shape index (κ2) is 4.32. The van der Waals surface area contributed by atoms with Gasteiger partial charge in [-0.15, -0.1) is 0 Å². The lowest BCUT2D eigenvalue weighted by Gasteiger charge is -2.08. The Morgan fingerprint density at radius 1 is 1.64 bits per heavy atom. The number of rotatable bonds is 2. The molecular formula is C8H7ClF2N2O. The summed E-state index contributed by atoms with van der Waals surface area (Å²) in [5.41, 5.74) is 0.707. The quantitative estimate of drug-likeness (QED) is 0.777. The summed E-state index contributed by atoms with van der Waals surface area (Å²) in [5, 5.41) is 1.99. The van der Waals surface area contributed by atoms with Crippen molar-refractivity contribution in [1.29, 1.82) is 0 Å². The number of anilines is 1. The fourth-order valence-electron chi connectivity index (χ4n) is 0.853. The van der Waals surface area contributed by atoms with E-state index in [1.807, 2.05) is 5.32 Å². The molecule has 1 heterocycles. The Hall–Kier alpha value is -1.23. The number of halogens is 3. The first kappa shape index (κ1) is 10.8. The van der Waals surface area contributed by atoms with Crippen molar-refractivity contribution in [1.82, 2.24) is 4.98 Å². The van der Waals surface area contributed by atoms with Crippen LogP contribution in [0, 0.1) is 6.92 Å². The minimum absolute atomic E-state index is 0.000926. The molecule has 3 nitrogen and oxygen atoms in total. The highest BCUT2D eigenvalue weighted by Gasteiger charge is 2.17. The summed E-state index contributed by atoms with van der Waals surface area (Å²) >= 11 is 5.61. The SMILES string of the molecule is Cc1ccnc(Cl)c1NC(=O)C(F)F. The van der Waals surface area contributed by atoms with E-state index in [4.69, 9.17) is 11.6 Å². The number of nitrogens with zero attached hydrogens (tertiary/aromatic N) is 1. The maximum absolute atomic E-state index is 11.9. The number of alkyl halides is 2. The van der Waals surface area contributed by atoms with Crippen LogP contribution in [0.25, 0.3) is 0 Å².